The molecule has 6 nitrogen and oxygen atoms in total. The summed E-state index contributed by atoms with van der Waals surface area (Å²) in [6, 6.07) is 3.79. The zero-order chi connectivity index (χ0) is 18.7. The van der Waals surface area contributed by atoms with Crippen molar-refractivity contribution in [2.75, 3.05) is 26.3 Å². The highest BCUT2D eigenvalue weighted by Gasteiger charge is 2.20. The predicted molar refractivity (Wildman–Crippen MR) is 103 cm³/mol. The molecule has 1 aliphatic rings. The molecule has 1 N–H and O–H groups in total. The minimum absolute atomic E-state index is 0.211. The van der Waals surface area contributed by atoms with Crippen LogP contribution in [0, 0.1) is 20.8 Å². The zero-order valence-corrected chi connectivity index (χ0v) is 17.0. The summed E-state index contributed by atoms with van der Waals surface area (Å²) < 4.78 is 33.5. The fraction of sp³-hybridized carbons (Fsp3) is 0.500. The lowest BCUT2D eigenvalue weighted by Gasteiger charge is -2.25. The summed E-state index contributed by atoms with van der Waals surface area (Å²) in [5.41, 5.74) is 3.57. The summed E-state index contributed by atoms with van der Waals surface area (Å²) in [4.78, 5) is 7.24. The Balaban J connectivity index is 1.65. The van der Waals surface area contributed by atoms with Gasteiger partial charge in [0.2, 0.25) is 10.0 Å². The van der Waals surface area contributed by atoms with Gasteiger partial charge in [-0.25, -0.2) is 18.1 Å². The maximum atomic E-state index is 12.7. The van der Waals surface area contributed by atoms with Crippen molar-refractivity contribution in [3.63, 3.8) is 0 Å². The summed E-state index contributed by atoms with van der Waals surface area (Å²) in [5.74, 6) is 0. The van der Waals surface area contributed by atoms with Gasteiger partial charge in [-0.3, -0.25) is 4.90 Å². The molecule has 1 aromatic carbocycles. The van der Waals surface area contributed by atoms with Crippen molar-refractivity contribution < 1.29 is 13.2 Å². The van der Waals surface area contributed by atoms with Gasteiger partial charge >= 0.3 is 0 Å². The van der Waals surface area contributed by atoms with Crippen LogP contribution in [0.1, 0.15) is 27.4 Å². The fourth-order valence-electron chi connectivity index (χ4n) is 3.31. The maximum absolute atomic E-state index is 12.7. The van der Waals surface area contributed by atoms with E-state index in [0.717, 1.165) is 60.2 Å². The van der Waals surface area contributed by atoms with Crippen LogP contribution in [-0.4, -0.2) is 44.6 Å². The standard InChI is InChI=1S/C18H25N3O3S2/c1-13-8-14(2)18(15(3)9-13)26(22,23)19-10-17-20-16(12-25-17)11-21-4-6-24-7-5-21/h8-9,12,19H,4-7,10-11H2,1-3H3. The van der Waals surface area contributed by atoms with Crippen molar-refractivity contribution in [2.45, 2.75) is 38.8 Å². The number of aromatic nitrogens is 1. The normalized spacial score (nSPS) is 16.1. The van der Waals surface area contributed by atoms with Gasteiger partial charge in [0.05, 0.1) is 30.3 Å². The van der Waals surface area contributed by atoms with Crippen LogP contribution in [0.3, 0.4) is 0 Å². The third-order valence-electron chi connectivity index (χ3n) is 4.38. The first-order valence-electron chi connectivity index (χ1n) is 8.66. The quantitative estimate of drug-likeness (QED) is 0.813. The topological polar surface area (TPSA) is 71.5 Å². The minimum atomic E-state index is -3.56. The summed E-state index contributed by atoms with van der Waals surface area (Å²) in [6.45, 7) is 9.95. The lowest BCUT2D eigenvalue weighted by atomic mass is 10.1. The SMILES string of the molecule is Cc1cc(C)c(S(=O)(=O)NCc2nc(CN3CCOCC3)cs2)c(C)c1. The molecule has 0 spiro atoms. The second-order valence-electron chi connectivity index (χ2n) is 6.67. The molecule has 3 rings (SSSR count). The van der Waals surface area contributed by atoms with Gasteiger partial charge < -0.3 is 4.74 Å². The van der Waals surface area contributed by atoms with Crippen molar-refractivity contribution in [1.29, 1.82) is 0 Å². The summed E-state index contributed by atoms with van der Waals surface area (Å²) in [5, 5.41) is 2.78. The second kappa shape index (κ2) is 8.14. The molecule has 1 aromatic heterocycles. The number of hydrogen-bond donors (Lipinski definition) is 1. The molecular weight excluding hydrogens is 370 g/mol. The summed E-state index contributed by atoms with van der Waals surface area (Å²) in [6.07, 6.45) is 0. The lowest BCUT2D eigenvalue weighted by molar-refractivity contribution is 0.0337. The van der Waals surface area contributed by atoms with E-state index in [1.807, 2.05) is 38.3 Å². The highest BCUT2D eigenvalue weighted by molar-refractivity contribution is 7.89. The Hall–Kier alpha value is -1.32. The number of benzene rings is 1. The summed E-state index contributed by atoms with van der Waals surface area (Å²) in [7, 11) is -3.56. The highest BCUT2D eigenvalue weighted by atomic mass is 32.2. The number of aryl methyl sites for hydroxylation is 3. The number of rotatable bonds is 6. The van der Waals surface area contributed by atoms with E-state index >= 15 is 0 Å². The van der Waals surface area contributed by atoms with E-state index in [4.69, 9.17) is 4.74 Å². The molecule has 26 heavy (non-hydrogen) atoms. The maximum Gasteiger partial charge on any atom is 0.241 e. The zero-order valence-electron chi connectivity index (χ0n) is 15.4. The number of thiazole rings is 1. The van der Waals surface area contributed by atoms with Crippen molar-refractivity contribution >= 4 is 21.4 Å². The van der Waals surface area contributed by atoms with Gasteiger partial charge in [0.1, 0.15) is 5.01 Å². The molecule has 1 aliphatic heterocycles. The number of morpholine rings is 1. The van der Waals surface area contributed by atoms with E-state index in [9.17, 15) is 8.42 Å². The van der Waals surface area contributed by atoms with Crippen LogP contribution in [0.15, 0.2) is 22.4 Å². The first-order chi connectivity index (χ1) is 12.3. The number of sulfonamides is 1. The molecular formula is C18H25N3O3S2. The van der Waals surface area contributed by atoms with Gasteiger partial charge in [0, 0.05) is 25.0 Å². The Morgan fingerprint density at radius 1 is 1.19 bits per heavy atom. The van der Waals surface area contributed by atoms with E-state index in [2.05, 4.69) is 14.6 Å². The van der Waals surface area contributed by atoms with Crippen LogP contribution in [0.25, 0.3) is 0 Å². The van der Waals surface area contributed by atoms with Gasteiger partial charge in [-0.1, -0.05) is 17.7 Å². The van der Waals surface area contributed by atoms with E-state index in [1.54, 1.807) is 0 Å². The molecule has 0 bridgehead atoms. The minimum Gasteiger partial charge on any atom is -0.379 e. The van der Waals surface area contributed by atoms with Crippen LogP contribution in [-0.2, 0) is 27.8 Å². The predicted octanol–water partition coefficient (Wildman–Crippen LogP) is 2.38. The monoisotopic (exact) mass is 395 g/mol. The molecule has 142 valence electrons. The Bertz CT molecular complexity index is 849. The Kier molecular flexibility index (Phi) is 6.09. The number of hydrogen-bond acceptors (Lipinski definition) is 6. The third kappa shape index (κ3) is 4.69. The molecule has 0 atom stereocenters. The second-order valence-corrected chi connectivity index (χ2v) is 9.32. The largest absolute Gasteiger partial charge is 0.379 e. The molecule has 1 fully saturated rings. The van der Waals surface area contributed by atoms with Crippen LogP contribution in [0.4, 0.5) is 0 Å². The van der Waals surface area contributed by atoms with E-state index in [-0.39, 0.29) is 6.54 Å². The van der Waals surface area contributed by atoms with Crippen molar-refractivity contribution in [1.82, 2.24) is 14.6 Å². The average molecular weight is 396 g/mol. The van der Waals surface area contributed by atoms with Crippen molar-refractivity contribution in [3.05, 3.63) is 44.9 Å². The van der Waals surface area contributed by atoms with Crippen LogP contribution in [0.5, 0.6) is 0 Å². The molecule has 8 heteroatoms. The summed E-state index contributed by atoms with van der Waals surface area (Å²) >= 11 is 1.49. The Morgan fingerprint density at radius 3 is 2.50 bits per heavy atom. The van der Waals surface area contributed by atoms with Gasteiger partial charge in [0.15, 0.2) is 0 Å². The fourth-order valence-corrected chi connectivity index (χ4v) is 5.56. The third-order valence-corrected chi connectivity index (χ3v) is 6.98. The number of nitrogens with zero attached hydrogens (tertiary/aromatic N) is 2. The highest BCUT2D eigenvalue weighted by Crippen LogP contribution is 2.22. The molecule has 1 saturated heterocycles. The van der Waals surface area contributed by atoms with Gasteiger partial charge in [0.25, 0.3) is 0 Å². The van der Waals surface area contributed by atoms with Crippen molar-refractivity contribution in [2.24, 2.45) is 0 Å². The molecule has 0 aliphatic carbocycles. The smallest absolute Gasteiger partial charge is 0.241 e. The molecule has 0 radical (unpaired) electrons. The molecule has 2 aromatic rings. The average Bonchev–Trinajstić information content (AvgIpc) is 3.00. The molecule has 0 unspecified atom stereocenters. The van der Waals surface area contributed by atoms with Gasteiger partial charge in [-0.05, 0) is 31.9 Å². The Morgan fingerprint density at radius 2 is 1.85 bits per heavy atom. The Labute approximate surface area is 159 Å². The number of nitrogens with one attached hydrogen (secondary N) is 1. The molecule has 0 saturated carbocycles. The first kappa shape index (κ1) is 19.4. The molecule has 0 amide bonds. The molecule has 2 heterocycles. The van der Waals surface area contributed by atoms with E-state index in [0.29, 0.717) is 4.90 Å². The van der Waals surface area contributed by atoms with E-state index in [1.165, 1.54) is 11.3 Å². The number of ether oxygens (including phenoxy) is 1. The first-order valence-corrected chi connectivity index (χ1v) is 11.0. The van der Waals surface area contributed by atoms with Gasteiger partial charge in [-0.2, -0.15) is 0 Å². The van der Waals surface area contributed by atoms with Crippen LogP contribution < -0.4 is 4.72 Å². The lowest BCUT2D eigenvalue weighted by Crippen LogP contribution is -2.35. The van der Waals surface area contributed by atoms with Crippen LogP contribution >= 0.6 is 11.3 Å². The van der Waals surface area contributed by atoms with Crippen molar-refractivity contribution in [3.8, 4) is 0 Å². The van der Waals surface area contributed by atoms with E-state index < -0.39 is 10.0 Å². The van der Waals surface area contributed by atoms with Crippen LogP contribution in [0.2, 0.25) is 0 Å². The van der Waals surface area contributed by atoms with Gasteiger partial charge in [-0.15, -0.1) is 11.3 Å².